The number of pyridine rings is 1. The molecule has 2 heterocycles. The van der Waals surface area contributed by atoms with Crippen molar-refractivity contribution in [2.45, 2.75) is 20.0 Å². The number of aromatic nitrogens is 1. The van der Waals surface area contributed by atoms with E-state index in [1.165, 1.54) is 0 Å². The van der Waals surface area contributed by atoms with E-state index in [4.69, 9.17) is 9.47 Å². The predicted molar refractivity (Wildman–Crippen MR) is 99.2 cm³/mol. The number of aryl methyl sites for hydroxylation is 1. The van der Waals surface area contributed by atoms with Crippen molar-refractivity contribution in [1.82, 2.24) is 9.88 Å². The van der Waals surface area contributed by atoms with Gasteiger partial charge in [-0.05, 0) is 24.6 Å². The van der Waals surface area contributed by atoms with Crippen molar-refractivity contribution in [2.24, 2.45) is 0 Å². The van der Waals surface area contributed by atoms with E-state index in [-0.39, 0.29) is 12.5 Å². The van der Waals surface area contributed by atoms with Crippen LogP contribution in [0.25, 0.3) is 10.9 Å². The molecular formula is C21H20N2O3. The Labute approximate surface area is 152 Å². The Morgan fingerprint density at radius 3 is 2.88 bits per heavy atom. The van der Waals surface area contributed by atoms with Crippen molar-refractivity contribution in [3.05, 3.63) is 65.2 Å². The minimum absolute atomic E-state index is 0.00740. The van der Waals surface area contributed by atoms with Crippen LogP contribution in [0.1, 0.15) is 16.7 Å². The van der Waals surface area contributed by atoms with Crippen LogP contribution in [0.4, 0.5) is 0 Å². The molecular weight excluding hydrogens is 328 g/mol. The zero-order valence-corrected chi connectivity index (χ0v) is 14.9. The van der Waals surface area contributed by atoms with Gasteiger partial charge in [0.05, 0.1) is 19.2 Å². The number of carbonyl (C=O) groups excluding carboxylic acids is 1. The molecule has 1 aromatic heterocycles. The first kappa shape index (κ1) is 16.4. The molecule has 132 valence electrons. The van der Waals surface area contributed by atoms with Gasteiger partial charge in [-0.3, -0.25) is 4.79 Å². The number of amides is 1. The summed E-state index contributed by atoms with van der Waals surface area (Å²) in [6.07, 6.45) is 0. The Balaban J connectivity index is 1.70. The van der Waals surface area contributed by atoms with Gasteiger partial charge in [-0.15, -0.1) is 0 Å². The van der Waals surface area contributed by atoms with Gasteiger partial charge < -0.3 is 14.4 Å². The summed E-state index contributed by atoms with van der Waals surface area (Å²) in [5, 5.41) is 1.05. The molecule has 1 aliphatic rings. The van der Waals surface area contributed by atoms with Crippen molar-refractivity contribution in [1.29, 1.82) is 0 Å². The van der Waals surface area contributed by atoms with E-state index < -0.39 is 0 Å². The third kappa shape index (κ3) is 2.96. The molecule has 0 bridgehead atoms. The van der Waals surface area contributed by atoms with Gasteiger partial charge in [-0.25, -0.2) is 4.98 Å². The van der Waals surface area contributed by atoms with Crippen LogP contribution in [-0.2, 0) is 17.9 Å². The minimum atomic E-state index is -0.0605. The second-order valence-corrected chi connectivity index (χ2v) is 6.45. The molecule has 5 heteroatoms. The van der Waals surface area contributed by atoms with Crippen LogP contribution in [0.15, 0.2) is 48.5 Å². The zero-order valence-electron chi connectivity index (χ0n) is 14.9. The lowest BCUT2D eigenvalue weighted by atomic mass is 10.1. The normalized spacial score (nSPS) is 13.9. The van der Waals surface area contributed by atoms with Crippen molar-refractivity contribution in [3.8, 4) is 11.6 Å². The van der Waals surface area contributed by atoms with Gasteiger partial charge in [0.2, 0.25) is 5.88 Å². The number of nitrogens with zero attached hydrogens (tertiary/aromatic N) is 2. The van der Waals surface area contributed by atoms with E-state index in [1.54, 1.807) is 12.0 Å². The average Bonchev–Trinajstić information content (AvgIpc) is 2.80. The van der Waals surface area contributed by atoms with Crippen LogP contribution in [0.5, 0.6) is 11.6 Å². The first-order valence-electron chi connectivity index (χ1n) is 8.57. The second-order valence-electron chi connectivity index (χ2n) is 6.45. The molecule has 0 aliphatic carbocycles. The summed E-state index contributed by atoms with van der Waals surface area (Å²) in [6.45, 7) is 2.95. The quantitative estimate of drug-likeness (QED) is 0.727. The van der Waals surface area contributed by atoms with Gasteiger partial charge in [0.1, 0.15) is 5.75 Å². The number of methoxy groups -OCH3 is 1. The maximum atomic E-state index is 12.6. The summed E-state index contributed by atoms with van der Waals surface area (Å²) < 4.78 is 11.1. The highest BCUT2D eigenvalue weighted by atomic mass is 16.5. The molecule has 0 atom stereocenters. The van der Waals surface area contributed by atoms with Crippen LogP contribution >= 0.6 is 0 Å². The summed E-state index contributed by atoms with van der Waals surface area (Å²) in [4.78, 5) is 19.0. The molecule has 0 spiro atoms. The van der Waals surface area contributed by atoms with Crippen molar-refractivity contribution >= 4 is 16.8 Å². The van der Waals surface area contributed by atoms with Gasteiger partial charge >= 0.3 is 0 Å². The van der Waals surface area contributed by atoms with Crippen LogP contribution in [-0.4, -0.2) is 29.5 Å². The number of hydrogen-bond acceptors (Lipinski definition) is 4. The number of ether oxygens (including phenoxy) is 2. The minimum Gasteiger partial charge on any atom is -0.496 e. The van der Waals surface area contributed by atoms with Gasteiger partial charge in [-0.2, -0.15) is 0 Å². The number of carbonyl (C=O) groups is 1. The fourth-order valence-corrected chi connectivity index (χ4v) is 3.31. The SMILES string of the molecule is COc1ccccc1CN1Cc2cc3cccc(C)c3nc2OCC1=O. The van der Waals surface area contributed by atoms with Crippen LogP contribution in [0, 0.1) is 6.92 Å². The first-order valence-corrected chi connectivity index (χ1v) is 8.57. The smallest absolute Gasteiger partial charge is 0.261 e. The molecule has 4 rings (SSSR count). The van der Waals surface area contributed by atoms with E-state index in [9.17, 15) is 4.79 Å². The molecule has 0 saturated heterocycles. The number of rotatable bonds is 3. The molecule has 5 nitrogen and oxygen atoms in total. The van der Waals surface area contributed by atoms with Gasteiger partial charge in [-0.1, -0.05) is 36.4 Å². The number of fused-ring (bicyclic) bond motifs is 2. The lowest BCUT2D eigenvalue weighted by molar-refractivity contribution is -0.133. The van der Waals surface area contributed by atoms with E-state index in [0.717, 1.165) is 33.3 Å². The molecule has 1 aliphatic heterocycles. The molecule has 0 fully saturated rings. The highest BCUT2D eigenvalue weighted by Gasteiger charge is 2.24. The fraction of sp³-hybridized carbons (Fsp3) is 0.238. The Morgan fingerprint density at radius 1 is 1.19 bits per heavy atom. The predicted octanol–water partition coefficient (Wildman–Crippen LogP) is 3.47. The third-order valence-corrected chi connectivity index (χ3v) is 4.69. The largest absolute Gasteiger partial charge is 0.496 e. The summed E-state index contributed by atoms with van der Waals surface area (Å²) in [5.74, 6) is 1.26. The van der Waals surface area contributed by atoms with Gasteiger partial charge in [0, 0.05) is 23.1 Å². The fourth-order valence-electron chi connectivity index (χ4n) is 3.31. The average molecular weight is 348 g/mol. The number of hydrogen-bond donors (Lipinski definition) is 0. The second kappa shape index (κ2) is 6.67. The van der Waals surface area contributed by atoms with Gasteiger partial charge in [0.15, 0.2) is 6.61 Å². The van der Waals surface area contributed by atoms with Crippen molar-refractivity contribution < 1.29 is 14.3 Å². The first-order chi connectivity index (χ1) is 12.7. The highest BCUT2D eigenvalue weighted by Crippen LogP contribution is 2.29. The molecule has 3 aromatic rings. The van der Waals surface area contributed by atoms with E-state index in [1.807, 2.05) is 49.4 Å². The molecule has 0 unspecified atom stereocenters. The summed E-state index contributed by atoms with van der Waals surface area (Å²) in [5.41, 5.74) is 3.90. The standard InChI is InChI=1S/C21H20N2O3/c1-14-6-5-8-15-10-17-12-23(11-16-7-3-4-9-18(16)25-2)19(24)13-26-21(17)22-20(14)15/h3-10H,11-13H2,1-2H3. The monoisotopic (exact) mass is 348 g/mol. The van der Waals surface area contributed by atoms with Crippen molar-refractivity contribution in [2.75, 3.05) is 13.7 Å². The summed E-state index contributed by atoms with van der Waals surface area (Å²) in [7, 11) is 1.64. The number of para-hydroxylation sites is 2. The Morgan fingerprint density at radius 2 is 2.04 bits per heavy atom. The summed E-state index contributed by atoms with van der Waals surface area (Å²) >= 11 is 0. The van der Waals surface area contributed by atoms with Crippen LogP contribution in [0.2, 0.25) is 0 Å². The lowest BCUT2D eigenvalue weighted by Gasteiger charge is -2.21. The van der Waals surface area contributed by atoms with Crippen LogP contribution < -0.4 is 9.47 Å². The highest BCUT2D eigenvalue weighted by molar-refractivity contribution is 5.84. The topological polar surface area (TPSA) is 51.7 Å². The van der Waals surface area contributed by atoms with Crippen LogP contribution in [0.3, 0.4) is 0 Å². The molecule has 26 heavy (non-hydrogen) atoms. The van der Waals surface area contributed by atoms with E-state index in [0.29, 0.717) is 19.0 Å². The maximum Gasteiger partial charge on any atom is 0.261 e. The van der Waals surface area contributed by atoms with E-state index in [2.05, 4.69) is 11.1 Å². The molecule has 1 amide bonds. The Bertz CT molecular complexity index is 984. The Kier molecular flexibility index (Phi) is 4.21. The molecule has 0 saturated carbocycles. The molecule has 2 aromatic carbocycles. The molecule has 0 radical (unpaired) electrons. The zero-order chi connectivity index (χ0) is 18.1. The van der Waals surface area contributed by atoms with Crippen molar-refractivity contribution in [3.63, 3.8) is 0 Å². The third-order valence-electron chi connectivity index (χ3n) is 4.69. The maximum absolute atomic E-state index is 12.6. The molecule has 0 N–H and O–H groups in total. The Hall–Kier alpha value is -3.08. The number of benzene rings is 2. The van der Waals surface area contributed by atoms with Gasteiger partial charge in [0.25, 0.3) is 5.91 Å². The van der Waals surface area contributed by atoms with E-state index >= 15 is 0 Å². The summed E-state index contributed by atoms with van der Waals surface area (Å²) in [6, 6.07) is 15.9. The lowest BCUT2D eigenvalue weighted by Crippen LogP contribution is -2.32.